The SMILES string of the molecule is COc1ccc(NCCCCOc2ccccc2)cc1. The molecule has 0 bridgehead atoms. The van der Waals surface area contributed by atoms with Gasteiger partial charge >= 0.3 is 0 Å². The van der Waals surface area contributed by atoms with Gasteiger partial charge in [0, 0.05) is 12.2 Å². The molecule has 0 atom stereocenters. The highest BCUT2D eigenvalue weighted by Crippen LogP contribution is 2.15. The van der Waals surface area contributed by atoms with E-state index in [4.69, 9.17) is 9.47 Å². The van der Waals surface area contributed by atoms with Crippen molar-refractivity contribution in [3.05, 3.63) is 54.6 Å². The molecule has 0 aliphatic rings. The number of methoxy groups -OCH3 is 1. The number of anilines is 1. The molecule has 3 nitrogen and oxygen atoms in total. The van der Waals surface area contributed by atoms with Crippen LogP contribution >= 0.6 is 0 Å². The Morgan fingerprint density at radius 3 is 2.30 bits per heavy atom. The lowest BCUT2D eigenvalue weighted by Gasteiger charge is -2.08. The molecule has 0 spiro atoms. The van der Waals surface area contributed by atoms with E-state index in [1.54, 1.807) is 7.11 Å². The molecule has 0 saturated heterocycles. The van der Waals surface area contributed by atoms with Crippen LogP contribution in [-0.4, -0.2) is 20.3 Å². The van der Waals surface area contributed by atoms with E-state index in [0.717, 1.165) is 43.2 Å². The van der Waals surface area contributed by atoms with Gasteiger partial charge in [-0.3, -0.25) is 0 Å². The molecule has 0 aliphatic carbocycles. The first-order chi connectivity index (χ1) is 9.88. The number of ether oxygens (including phenoxy) is 2. The van der Waals surface area contributed by atoms with Crippen LogP contribution in [0.25, 0.3) is 0 Å². The number of para-hydroxylation sites is 1. The third kappa shape index (κ3) is 4.84. The van der Waals surface area contributed by atoms with Gasteiger partial charge in [-0.25, -0.2) is 0 Å². The summed E-state index contributed by atoms with van der Waals surface area (Å²) in [6.07, 6.45) is 2.12. The van der Waals surface area contributed by atoms with Gasteiger partial charge in [0.15, 0.2) is 0 Å². The average Bonchev–Trinajstić information content (AvgIpc) is 2.52. The molecule has 0 radical (unpaired) electrons. The van der Waals surface area contributed by atoms with Gasteiger partial charge in [0.25, 0.3) is 0 Å². The second-order valence-electron chi connectivity index (χ2n) is 4.52. The first-order valence-corrected chi connectivity index (χ1v) is 6.94. The summed E-state index contributed by atoms with van der Waals surface area (Å²) in [5.74, 6) is 1.82. The zero-order valence-electron chi connectivity index (χ0n) is 11.8. The highest BCUT2D eigenvalue weighted by atomic mass is 16.5. The molecule has 2 aromatic rings. The van der Waals surface area contributed by atoms with E-state index < -0.39 is 0 Å². The Bertz CT molecular complexity index is 482. The molecule has 0 amide bonds. The minimum atomic E-state index is 0.758. The first kappa shape index (κ1) is 14.3. The molecular weight excluding hydrogens is 250 g/mol. The number of hydrogen-bond acceptors (Lipinski definition) is 3. The number of unbranched alkanes of at least 4 members (excludes halogenated alkanes) is 1. The monoisotopic (exact) mass is 271 g/mol. The van der Waals surface area contributed by atoms with Crippen LogP contribution in [0.2, 0.25) is 0 Å². The molecule has 0 aliphatic heterocycles. The van der Waals surface area contributed by atoms with Gasteiger partial charge in [0.2, 0.25) is 0 Å². The Balaban J connectivity index is 1.57. The van der Waals surface area contributed by atoms with Crippen LogP contribution in [0.4, 0.5) is 5.69 Å². The topological polar surface area (TPSA) is 30.5 Å². The van der Waals surface area contributed by atoms with Gasteiger partial charge in [0.05, 0.1) is 13.7 Å². The first-order valence-electron chi connectivity index (χ1n) is 6.94. The molecule has 2 aromatic carbocycles. The predicted octanol–water partition coefficient (Wildman–Crippen LogP) is 3.97. The van der Waals surface area contributed by atoms with Gasteiger partial charge < -0.3 is 14.8 Å². The van der Waals surface area contributed by atoms with Gasteiger partial charge in [0.1, 0.15) is 11.5 Å². The summed E-state index contributed by atoms with van der Waals surface area (Å²) in [4.78, 5) is 0. The largest absolute Gasteiger partial charge is 0.497 e. The van der Waals surface area contributed by atoms with Gasteiger partial charge in [-0.05, 0) is 49.2 Å². The Labute approximate surface area is 120 Å². The molecule has 20 heavy (non-hydrogen) atoms. The van der Waals surface area contributed by atoms with Crippen molar-refractivity contribution in [2.75, 3.05) is 25.6 Å². The summed E-state index contributed by atoms with van der Waals surface area (Å²) in [6, 6.07) is 17.9. The molecule has 0 unspecified atom stereocenters. The normalized spacial score (nSPS) is 10.1. The Morgan fingerprint density at radius 2 is 1.60 bits per heavy atom. The Kier molecular flexibility index (Phi) is 5.77. The van der Waals surface area contributed by atoms with Crippen molar-refractivity contribution >= 4 is 5.69 Å². The van der Waals surface area contributed by atoms with E-state index in [9.17, 15) is 0 Å². The van der Waals surface area contributed by atoms with Crippen molar-refractivity contribution in [1.29, 1.82) is 0 Å². The van der Waals surface area contributed by atoms with E-state index in [2.05, 4.69) is 5.32 Å². The summed E-state index contributed by atoms with van der Waals surface area (Å²) in [7, 11) is 1.68. The van der Waals surface area contributed by atoms with Crippen LogP contribution in [0, 0.1) is 0 Å². The minimum absolute atomic E-state index is 0.758. The van der Waals surface area contributed by atoms with Crippen LogP contribution in [0.3, 0.4) is 0 Å². The van der Waals surface area contributed by atoms with Gasteiger partial charge in [-0.15, -0.1) is 0 Å². The average molecular weight is 271 g/mol. The lowest BCUT2D eigenvalue weighted by molar-refractivity contribution is 0.308. The standard InChI is InChI=1S/C17H21NO2/c1-19-16-11-9-15(10-12-16)18-13-5-6-14-20-17-7-3-2-4-8-17/h2-4,7-12,18H,5-6,13-14H2,1H3. The molecular formula is C17H21NO2. The van der Waals surface area contributed by atoms with E-state index in [1.807, 2.05) is 54.6 Å². The van der Waals surface area contributed by atoms with Crippen LogP contribution in [0.15, 0.2) is 54.6 Å². The Morgan fingerprint density at radius 1 is 0.850 bits per heavy atom. The molecule has 0 heterocycles. The summed E-state index contributed by atoms with van der Waals surface area (Å²) in [6.45, 7) is 1.71. The smallest absolute Gasteiger partial charge is 0.119 e. The highest BCUT2D eigenvalue weighted by molar-refractivity contribution is 5.46. The van der Waals surface area contributed by atoms with Crippen molar-refractivity contribution in [3.63, 3.8) is 0 Å². The maximum atomic E-state index is 5.64. The predicted molar refractivity (Wildman–Crippen MR) is 82.7 cm³/mol. The fraction of sp³-hybridized carbons (Fsp3) is 0.294. The van der Waals surface area contributed by atoms with Gasteiger partial charge in [-0.2, -0.15) is 0 Å². The number of hydrogen-bond donors (Lipinski definition) is 1. The van der Waals surface area contributed by atoms with Crippen LogP contribution in [0.1, 0.15) is 12.8 Å². The molecule has 0 fully saturated rings. The second-order valence-corrected chi connectivity index (χ2v) is 4.52. The number of benzene rings is 2. The van der Waals surface area contributed by atoms with Crippen molar-refractivity contribution < 1.29 is 9.47 Å². The molecule has 0 saturated carbocycles. The molecule has 2 rings (SSSR count). The summed E-state index contributed by atoms with van der Waals surface area (Å²) in [5, 5.41) is 3.38. The fourth-order valence-electron chi connectivity index (χ4n) is 1.88. The van der Waals surface area contributed by atoms with Crippen molar-refractivity contribution in [2.45, 2.75) is 12.8 Å². The van der Waals surface area contributed by atoms with Crippen molar-refractivity contribution in [2.24, 2.45) is 0 Å². The third-order valence-electron chi connectivity index (χ3n) is 3.00. The summed E-state index contributed by atoms with van der Waals surface area (Å²) in [5.41, 5.74) is 1.12. The molecule has 1 N–H and O–H groups in total. The number of rotatable bonds is 8. The van der Waals surface area contributed by atoms with E-state index in [-0.39, 0.29) is 0 Å². The van der Waals surface area contributed by atoms with E-state index in [0.29, 0.717) is 0 Å². The van der Waals surface area contributed by atoms with Crippen LogP contribution in [0.5, 0.6) is 11.5 Å². The highest BCUT2D eigenvalue weighted by Gasteiger charge is 1.95. The second kappa shape index (κ2) is 8.10. The molecule has 106 valence electrons. The summed E-state index contributed by atoms with van der Waals surface area (Å²) < 4.78 is 10.8. The maximum Gasteiger partial charge on any atom is 0.119 e. The zero-order chi connectivity index (χ0) is 14.0. The van der Waals surface area contributed by atoms with Gasteiger partial charge in [-0.1, -0.05) is 18.2 Å². The van der Waals surface area contributed by atoms with Crippen LogP contribution in [-0.2, 0) is 0 Å². The quantitative estimate of drug-likeness (QED) is 0.737. The molecule has 0 aromatic heterocycles. The summed E-state index contributed by atoms with van der Waals surface area (Å²) >= 11 is 0. The van der Waals surface area contributed by atoms with Crippen molar-refractivity contribution in [3.8, 4) is 11.5 Å². The number of nitrogens with one attached hydrogen (secondary N) is 1. The molecule has 3 heteroatoms. The minimum Gasteiger partial charge on any atom is -0.497 e. The Hall–Kier alpha value is -2.16. The third-order valence-corrected chi connectivity index (χ3v) is 3.00. The van der Waals surface area contributed by atoms with E-state index >= 15 is 0 Å². The lowest BCUT2D eigenvalue weighted by atomic mass is 10.2. The lowest BCUT2D eigenvalue weighted by Crippen LogP contribution is -2.04. The van der Waals surface area contributed by atoms with Crippen molar-refractivity contribution in [1.82, 2.24) is 0 Å². The fourth-order valence-corrected chi connectivity index (χ4v) is 1.88. The zero-order valence-corrected chi connectivity index (χ0v) is 11.8. The van der Waals surface area contributed by atoms with E-state index in [1.165, 1.54) is 0 Å². The van der Waals surface area contributed by atoms with Crippen LogP contribution < -0.4 is 14.8 Å². The maximum absolute atomic E-state index is 5.64.